The van der Waals surface area contributed by atoms with Gasteiger partial charge in [0.2, 0.25) is 0 Å². The Morgan fingerprint density at radius 1 is 0.968 bits per heavy atom. The molecule has 0 aliphatic rings. The summed E-state index contributed by atoms with van der Waals surface area (Å²) in [4.78, 5) is 16.9. The first-order valence-electron chi connectivity index (χ1n) is 10.3. The van der Waals surface area contributed by atoms with E-state index in [1.807, 2.05) is 63.2 Å². The minimum Gasteiger partial charge on any atom is -0.491 e. The number of fused-ring (bicyclic) bond motifs is 1. The van der Waals surface area contributed by atoms with Gasteiger partial charge in [-0.2, -0.15) is 0 Å². The Morgan fingerprint density at radius 3 is 2.42 bits per heavy atom. The molecule has 0 saturated heterocycles. The first kappa shape index (κ1) is 22.2. The second-order valence-electron chi connectivity index (χ2n) is 7.39. The lowest BCUT2D eigenvalue weighted by atomic mass is 10.0. The first-order chi connectivity index (χ1) is 15.0. The van der Waals surface area contributed by atoms with Gasteiger partial charge in [-0.05, 0) is 49.2 Å². The minimum absolute atomic E-state index is 0.0888. The van der Waals surface area contributed by atoms with E-state index < -0.39 is 5.97 Å². The maximum Gasteiger partial charge on any atom is 0.335 e. The standard InChI is InChI=1S/C25H27NO5/c1-4-11-30-26-24(20-10-9-18-7-5-6-8-19(18)12-20)16-29-22-13-21(25(27)28)14-23(15-22)31-17(2)3/h5-10,12-15,17H,4,11,16H2,1-3H3,(H,27,28). The summed E-state index contributed by atoms with van der Waals surface area (Å²) in [6, 6.07) is 18.7. The predicted octanol–water partition coefficient (Wildman–Crippen LogP) is 5.53. The summed E-state index contributed by atoms with van der Waals surface area (Å²) in [7, 11) is 0. The first-order valence-corrected chi connectivity index (χ1v) is 10.3. The third kappa shape index (κ3) is 6.22. The molecule has 0 aromatic heterocycles. The van der Waals surface area contributed by atoms with Crippen LogP contribution in [-0.4, -0.2) is 36.1 Å². The molecular formula is C25H27NO5. The molecule has 0 aliphatic heterocycles. The zero-order valence-electron chi connectivity index (χ0n) is 18.0. The Kier molecular flexibility index (Phi) is 7.49. The quantitative estimate of drug-likeness (QED) is 0.264. The molecular weight excluding hydrogens is 394 g/mol. The van der Waals surface area contributed by atoms with Gasteiger partial charge in [-0.1, -0.05) is 48.5 Å². The van der Waals surface area contributed by atoms with Crippen molar-refractivity contribution in [2.24, 2.45) is 5.16 Å². The second kappa shape index (κ2) is 10.5. The summed E-state index contributed by atoms with van der Waals surface area (Å²) in [6.07, 6.45) is 0.750. The van der Waals surface area contributed by atoms with Crippen molar-refractivity contribution in [3.8, 4) is 11.5 Å². The lowest BCUT2D eigenvalue weighted by Gasteiger charge is -2.14. The Labute approximate surface area is 182 Å². The minimum atomic E-state index is -1.05. The Balaban J connectivity index is 1.87. The van der Waals surface area contributed by atoms with Crippen LogP contribution in [-0.2, 0) is 4.84 Å². The normalized spacial score (nSPS) is 11.5. The largest absolute Gasteiger partial charge is 0.491 e. The Hall–Kier alpha value is -3.54. The number of nitrogens with zero attached hydrogens (tertiary/aromatic N) is 1. The highest BCUT2D eigenvalue weighted by atomic mass is 16.6. The summed E-state index contributed by atoms with van der Waals surface area (Å²) in [5.74, 6) is -0.218. The highest BCUT2D eigenvalue weighted by Gasteiger charge is 2.12. The van der Waals surface area contributed by atoms with Crippen molar-refractivity contribution in [2.75, 3.05) is 13.2 Å². The molecule has 3 rings (SSSR count). The highest BCUT2D eigenvalue weighted by molar-refractivity contribution is 6.04. The number of hydrogen-bond donors (Lipinski definition) is 1. The van der Waals surface area contributed by atoms with Crippen LogP contribution >= 0.6 is 0 Å². The molecule has 0 aliphatic carbocycles. The number of oxime groups is 1. The van der Waals surface area contributed by atoms with E-state index in [4.69, 9.17) is 14.3 Å². The van der Waals surface area contributed by atoms with Crippen LogP contribution in [0.5, 0.6) is 11.5 Å². The van der Waals surface area contributed by atoms with Crippen molar-refractivity contribution in [3.63, 3.8) is 0 Å². The summed E-state index contributed by atoms with van der Waals surface area (Å²) in [5.41, 5.74) is 1.59. The van der Waals surface area contributed by atoms with Crippen LogP contribution in [0.4, 0.5) is 0 Å². The molecule has 0 heterocycles. The number of carboxylic acid groups (broad SMARTS) is 1. The zero-order valence-corrected chi connectivity index (χ0v) is 18.0. The van der Waals surface area contributed by atoms with E-state index in [1.165, 1.54) is 12.1 Å². The number of hydrogen-bond acceptors (Lipinski definition) is 5. The summed E-state index contributed by atoms with van der Waals surface area (Å²) in [6.45, 7) is 6.38. The van der Waals surface area contributed by atoms with Gasteiger partial charge in [-0.3, -0.25) is 0 Å². The fraction of sp³-hybridized carbons (Fsp3) is 0.280. The fourth-order valence-corrected chi connectivity index (χ4v) is 3.02. The lowest BCUT2D eigenvalue weighted by Crippen LogP contribution is -2.15. The monoisotopic (exact) mass is 421 g/mol. The number of ether oxygens (including phenoxy) is 2. The average molecular weight is 421 g/mol. The van der Waals surface area contributed by atoms with E-state index in [2.05, 4.69) is 5.16 Å². The van der Waals surface area contributed by atoms with E-state index in [9.17, 15) is 9.90 Å². The molecule has 162 valence electrons. The average Bonchev–Trinajstić information content (AvgIpc) is 2.75. The van der Waals surface area contributed by atoms with Gasteiger partial charge >= 0.3 is 5.97 Å². The fourth-order valence-electron chi connectivity index (χ4n) is 3.02. The maximum atomic E-state index is 11.5. The van der Waals surface area contributed by atoms with Crippen molar-refractivity contribution >= 4 is 22.5 Å². The Bertz CT molecular complexity index is 1070. The van der Waals surface area contributed by atoms with Crippen LogP contribution in [0.15, 0.2) is 65.8 Å². The molecule has 0 fully saturated rings. The molecule has 0 atom stereocenters. The van der Waals surface area contributed by atoms with Gasteiger partial charge in [0.05, 0.1) is 11.7 Å². The van der Waals surface area contributed by atoms with Crippen molar-refractivity contribution in [1.82, 2.24) is 0 Å². The molecule has 0 bridgehead atoms. The van der Waals surface area contributed by atoms with E-state index in [1.54, 1.807) is 6.07 Å². The van der Waals surface area contributed by atoms with Gasteiger partial charge < -0.3 is 19.4 Å². The third-order valence-corrected chi connectivity index (χ3v) is 4.43. The van der Waals surface area contributed by atoms with Crippen LogP contribution in [0.25, 0.3) is 10.8 Å². The van der Waals surface area contributed by atoms with E-state index >= 15 is 0 Å². The van der Waals surface area contributed by atoms with Crippen LogP contribution in [0, 0.1) is 0 Å². The number of carbonyl (C=O) groups is 1. The van der Waals surface area contributed by atoms with E-state index in [0.717, 1.165) is 22.8 Å². The lowest BCUT2D eigenvalue weighted by molar-refractivity contribution is 0.0695. The number of aromatic carboxylic acids is 1. The molecule has 0 saturated carbocycles. The van der Waals surface area contributed by atoms with E-state index in [-0.39, 0.29) is 18.3 Å². The van der Waals surface area contributed by atoms with Crippen LogP contribution in [0.1, 0.15) is 43.1 Å². The van der Waals surface area contributed by atoms with Crippen LogP contribution in [0.3, 0.4) is 0 Å². The molecule has 0 unspecified atom stereocenters. The van der Waals surface area contributed by atoms with Crippen molar-refractivity contribution in [2.45, 2.75) is 33.3 Å². The van der Waals surface area contributed by atoms with Gasteiger partial charge in [-0.25, -0.2) is 4.79 Å². The van der Waals surface area contributed by atoms with Crippen molar-refractivity contribution < 1.29 is 24.2 Å². The van der Waals surface area contributed by atoms with Crippen molar-refractivity contribution in [1.29, 1.82) is 0 Å². The summed E-state index contributed by atoms with van der Waals surface area (Å²) < 4.78 is 11.6. The molecule has 3 aromatic carbocycles. The molecule has 0 radical (unpaired) electrons. The number of carboxylic acids is 1. The smallest absolute Gasteiger partial charge is 0.335 e. The topological polar surface area (TPSA) is 77.3 Å². The second-order valence-corrected chi connectivity index (χ2v) is 7.39. The molecule has 0 amide bonds. The van der Waals surface area contributed by atoms with Crippen LogP contribution in [0.2, 0.25) is 0 Å². The number of benzene rings is 3. The van der Waals surface area contributed by atoms with Crippen LogP contribution < -0.4 is 9.47 Å². The Morgan fingerprint density at radius 2 is 1.71 bits per heavy atom. The number of rotatable bonds is 10. The molecule has 6 nitrogen and oxygen atoms in total. The molecule has 1 N–H and O–H groups in total. The zero-order chi connectivity index (χ0) is 22.2. The van der Waals surface area contributed by atoms with Gasteiger partial charge in [0.25, 0.3) is 0 Å². The van der Waals surface area contributed by atoms with Gasteiger partial charge in [0.1, 0.15) is 30.4 Å². The van der Waals surface area contributed by atoms with Crippen molar-refractivity contribution in [3.05, 3.63) is 71.8 Å². The van der Waals surface area contributed by atoms with Gasteiger partial charge in [0.15, 0.2) is 0 Å². The third-order valence-electron chi connectivity index (χ3n) is 4.43. The molecule has 31 heavy (non-hydrogen) atoms. The summed E-state index contributed by atoms with van der Waals surface area (Å²) in [5, 5.41) is 15.9. The molecule has 6 heteroatoms. The van der Waals surface area contributed by atoms with E-state index in [0.29, 0.717) is 23.8 Å². The summed E-state index contributed by atoms with van der Waals surface area (Å²) >= 11 is 0. The maximum absolute atomic E-state index is 11.5. The molecule has 3 aromatic rings. The SMILES string of the molecule is CCCON=C(COc1cc(OC(C)C)cc(C(=O)O)c1)c1ccc2ccccc2c1. The van der Waals surface area contributed by atoms with Gasteiger partial charge in [0, 0.05) is 11.6 Å². The predicted molar refractivity (Wildman–Crippen MR) is 121 cm³/mol. The highest BCUT2D eigenvalue weighted by Crippen LogP contribution is 2.25. The van der Waals surface area contributed by atoms with Gasteiger partial charge in [-0.15, -0.1) is 0 Å². The molecule has 0 spiro atoms.